The molecule has 19 heavy (non-hydrogen) atoms. The molecule has 1 aliphatic heterocycles. The lowest BCUT2D eigenvalue weighted by atomic mass is 9.69. The number of rotatable bonds is 2. The van der Waals surface area contributed by atoms with E-state index in [2.05, 4.69) is 16.2 Å². The summed E-state index contributed by atoms with van der Waals surface area (Å²) in [7, 11) is 0. The van der Waals surface area contributed by atoms with Crippen LogP contribution in [-0.4, -0.2) is 38.7 Å². The van der Waals surface area contributed by atoms with E-state index in [1.165, 1.54) is 6.33 Å². The van der Waals surface area contributed by atoms with Gasteiger partial charge in [0.2, 0.25) is 5.91 Å². The molecular formula is C13H17N5O. The first-order valence-electron chi connectivity index (χ1n) is 6.80. The van der Waals surface area contributed by atoms with Crippen LogP contribution in [0.25, 0.3) is 0 Å². The van der Waals surface area contributed by atoms with Crippen molar-refractivity contribution >= 4 is 5.91 Å². The Hall–Kier alpha value is -1.90. The van der Waals surface area contributed by atoms with Crippen molar-refractivity contribution in [3.8, 4) is 6.07 Å². The van der Waals surface area contributed by atoms with E-state index in [9.17, 15) is 10.1 Å². The Bertz CT molecular complexity index is 500. The highest BCUT2D eigenvalue weighted by molar-refractivity contribution is 5.86. The SMILES string of the molecule is N#CC1(C(=O)N2CCCC(n3cncn3)C2)CCC1. The van der Waals surface area contributed by atoms with Gasteiger partial charge in [0.15, 0.2) is 0 Å². The smallest absolute Gasteiger partial charge is 0.243 e. The summed E-state index contributed by atoms with van der Waals surface area (Å²) in [6, 6.07) is 2.43. The van der Waals surface area contributed by atoms with Gasteiger partial charge in [0.25, 0.3) is 0 Å². The summed E-state index contributed by atoms with van der Waals surface area (Å²) >= 11 is 0. The second-order valence-corrected chi connectivity index (χ2v) is 5.47. The molecule has 1 saturated heterocycles. The van der Waals surface area contributed by atoms with Gasteiger partial charge in [0.1, 0.15) is 18.1 Å². The predicted molar refractivity (Wildman–Crippen MR) is 66.8 cm³/mol. The number of likely N-dealkylation sites (tertiary alicyclic amines) is 1. The van der Waals surface area contributed by atoms with E-state index < -0.39 is 5.41 Å². The molecule has 1 aliphatic carbocycles. The number of aromatic nitrogens is 3. The average molecular weight is 259 g/mol. The zero-order chi connectivity index (χ0) is 13.3. The largest absolute Gasteiger partial charge is 0.339 e. The van der Waals surface area contributed by atoms with Crippen LogP contribution < -0.4 is 0 Å². The van der Waals surface area contributed by atoms with Crippen molar-refractivity contribution in [2.24, 2.45) is 5.41 Å². The number of piperidine rings is 1. The summed E-state index contributed by atoms with van der Waals surface area (Å²) in [5.74, 6) is 0.0195. The summed E-state index contributed by atoms with van der Waals surface area (Å²) in [5, 5.41) is 13.4. The molecule has 2 heterocycles. The lowest BCUT2D eigenvalue weighted by molar-refractivity contribution is -0.144. The summed E-state index contributed by atoms with van der Waals surface area (Å²) in [5.41, 5.74) is -0.732. The van der Waals surface area contributed by atoms with Crippen LogP contribution in [-0.2, 0) is 4.79 Å². The fourth-order valence-electron chi connectivity index (χ4n) is 2.97. The summed E-state index contributed by atoms with van der Waals surface area (Å²) < 4.78 is 1.82. The van der Waals surface area contributed by atoms with Crippen LogP contribution in [0.5, 0.6) is 0 Å². The van der Waals surface area contributed by atoms with Crippen molar-refractivity contribution in [2.75, 3.05) is 13.1 Å². The zero-order valence-electron chi connectivity index (χ0n) is 10.8. The van der Waals surface area contributed by atoms with Crippen molar-refractivity contribution in [2.45, 2.75) is 38.1 Å². The Morgan fingerprint density at radius 2 is 2.26 bits per heavy atom. The molecule has 1 saturated carbocycles. The van der Waals surface area contributed by atoms with E-state index in [0.717, 1.165) is 25.8 Å². The number of carbonyl (C=O) groups is 1. The van der Waals surface area contributed by atoms with Gasteiger partial charge in [-0.05, 0) is 32.1 Å². The predicted octanol–water partition coefficient (Wildman–Crippen LogP) is 1.14. The molecule has 0 bridgehead atoms. The van der Waals surface area contributed by atoms with Gasteiger partial charge in [-0.2, -0.15) is 10.4 Å². The number of nitrogens with zero attached hydrogens (tertiary/aromatic N) is 5. The maximum atomic E-state index is 12.5. The minimum atomic E-state index is -0.732. The van der Waals surface area contributed by atoms with Crippen LogP contribution >= 0.6 is 0 Å². The Labute approximate surface area is 112 Å². The zero-order valence-corrected chi connectivity index (χ0v) is 10.8. The van der Waals surface area contributed by atoms with Gasteiger partial charge in [0.05, 0.1) is 12.1 Å². The molecular weight excluding hydrogens is 242 g/mol. The van der Waals surface area contributed by atoms with Crippen LogP contribution in [0.2, 0.25) is 0 Å². The van der Waals surface area contributed by atoms with Crippen molar-refractivity contribution in [3.05, 3.63) is 12.7 Å². The maximum absolute atomic E-state index is 12.5. The van der Waals surface area contributed by atoms with Gasteiger partial charge in [-0.1, -0.05) is 0 Å². The van der Waals surface area contributed by atoms with Gasteiger partial charge < -0.3 is 4.90 Å². The van der Waals surface area contributed by atoms with Crippen LogP contribution in [0.4, 0.5) is 0 Å². The van der Waals surface area contributed by atoms with Crippen LogP contribution in [0, 0.1) is 16.7 Å². The van der Waals surface area contributed by atoms with Crippen molar-refractivity contribution < 1.29 is 4.79 Å². The Balaban J connectivity index is 1.72. The molecule has 100 valence electrons. The van der Waals surface area contributed by atoms with Gasteiger partial charge in [0, 0.05) is 13.1 Å². The third-order valence-corrected chi connectivity index (χ3v) is 4.32. The highest BCUT2D eigenvalue weighted by Gasteiger charge is 2.47. The van der Waals surface area contributed by atoms with E-state index >= 15 is 0 Å². The van der Waals surface area contributed by atoms with E-state index in [4.69, 9.17) is 0 Å². The first-order valence-corrected chi connectivity index (χ1v) is 6.80. The normalized spacial score (nSPS) is 25.4. The van der Waals surface area contributed by atoms with Gasteiger partial charge in [-0.25, -0.2) is 9.67 Å². The first-order chi connectivity index (χ1) is 9.25. The van der Waals surface area contributed by atoms with Crippen molar-refractivity contribution in [1.82, 2.24) is 19.7 Å². The molecule has 2 aliphatic rings. The molecule has 1 unspecified atom stereocenters. The molecule has 0 aromatic carbocycles. The molecule has 1 aromatic heterocycles. The minimum absolute atomic E-state index is 0.0195. The first kappa shape index (κ1) is 12.2. The van der Waals surface area contributed by atoms with E-state index in [0.29, 0.717) is 19.4 Å². The summed E-state index contributed by atoms with van der Waals surface area (Å²) in [4.78, 5) is 18.3. The molecule has 0 radical (unpaired) electrons. The lowest BCUT2D eigenvalue weighted by Gasteiger charge is -2.41. The van der Waals surface area contributed by atoms with Gasteiger partial charge in [-0.15, -0.1) is 0 Å². The molecule has 1 amide bonds. The highest BCUT2D eigenvalue weighted by Crippen LogP contribution is 2.42. The van der Waals surface area contributed by atoms with Gasteiger partial charge in [-0.3, -0.25) is 4.79 Å². The Morgan fingerprint density at radius 1 is 1.42 bits per heavy atom. The molecule has 0 N–H and O–H groups in total. The standard InChI is InChI=1S/C13H17N5O/c14-8-13(4-2-5-13)12(19)17-6-1-3-11(7-17)18-10-15-9-16-18/h9-11H,1-7H2. The Kier molecular flexibility index (Phi) is 2.97. The third-order valence-electron chi connectivity index (χ3n) is 4.32. The minimum Gasteiger partial charge on any atom is -0.339 e. The fraction of sp³-hybridized carbons (Fsp3) is 0.692. The number of hydrogen-bond donors (Lipinski definition) is 0. The summed E-state index contributed by atoms with van der Waals surface area (Å²) in [6.07, 6.45) is 7.59. The monoisotopic (exact) mass is 259 g/mol. The lowest BCUT2D eigenvalue weighted by Crippen LogP contribution is -2.50. The second-order valence-electron chi connectivity index (χ2n) is 5.47. The van der Waals surface area contributed by atoms with Crippen LogP contribution in [0.1, 0.15) is 38.1 Å². The number of nitriles is 1. The maximum Gasteiger partial charge on any atom is 0.243 e. The van der Waals surface area contributed by atoms with Gasteiger partial charge >= 0.3 is 0 Å². The quantitative estimate of drug-likeness (QED) is 0.798. The van der Waals surface area contributed by atoms with Crippen molar-refractivity contribution in [1.29, 1.82) is 5.26 Å². The average Bonchev–Trinajstić information content (AvgIpc) is 2.92. The molecule has 1 aromatic rings. The molecule has 3 rings (SSSR count). The van der Waals surface area contributed by atoms with E-state index in [1.54, 1.807) is 6.33 Å². The molecule has 0 spiro atoms. The number of hydrogen-bond acceptors (Lipinski definition) is 4. The second kappa shape index (κ2) is 4.65. The number of carbonyl (C=O) groups excluding carboxylic acids is 1. The molecule has 2 fully saturated rings. The van der Waals surface area contributed by atoms with Crippen LogP contribution in [0.3, 0.4) is 0 Å². The Morgan fingerprint density at radius 3 is 2.84 bits per heavy atom. The molecule has 1 atom stereocenters. The molecule has 6 heteroatoms. The summed E-state index contributed by atoms with van der Waals surface area (Å²) in [6.45, 7) is 1.40. The van der Waals surface area contributed by atoms with Crippen molar-refractivity contribution in [3.63, 3.8) is 0 Å². The third kappa shape index (κ3) is 1.99. The van der Waals surface area contributed by atoms with E-state index in [1.807, 2.05) is 9.58 Å². The molecule has 6 nitrogen and oxygen atoms in total. The van der Waals surface area contributed by atoms with Crippen LogP contribution in [0.15, 0.2) is 12.7 Å². The van der Waals surface area contributed by atoms with E-state index in [-0.39, 0.29) is 11.9 Å². The highest BCUT2D eigenvalue weighted by atomic mass is 16.2. The topological polar surface area (TPSA) is 74.8 Å². The number of amides is 1. The fourth-order valence-corrected chi connectivity index (χ4v) is 2.97.